The van der Waals surface area contributed by atoms with Gasteiger partial charge in [0.15, 0.2) is 0 Å². The highest BCUT2D eigenvalue weighted by Crippen LogP contribution is 2.24. The summed E-state index contributed by atoms with van der Waals surface area (Å²) in [4.78, 5) is 28.3. The Morgan fingerprint density at radius 2 is 1.75 bits per heavy atom. The van der Waals surface area contributed by atoms with E-state index in [1.165, 1.54) is 12.8 Å². The molecule has 9 nitrogen and oxygen atoms in total. The topological polar surface area (TPSA) is 101 Å². The lowest BCUT2D eigenvalue weighted by molar-refractivity contribution is 0.0537. The predicted octanol–water partition coefficient (Wildman–Crippen LogP) is 3.49. The number of methoxy groups -OCH3 is 1. The molecule has 3 N–H and O–H groups in total. The number of piperazine rings is 1. The summed E-state index contributed by atoms with van der Waals surface area (Å²) >= 11 is 0. The van der Waals surface area contributed by atoms with Gasteiger partial charge >= 0.3 is 0 Å². The molecule has 190 valence electrons. The maximum Gasteiger partial charge on any atom is 0.274 e. The minimum absolute atomic E-state index is 0.318. The predicted molar refractivity (Wildman–Crippen MR) is 141 cm³/mol. The van der Waals surface area contributed by atoms with Crippen LogP contribution in [-0.4, -0.2) is 55.3 Å². The van der Waals surface area contributed by atoms with Crippen LogP contribution >= 0.6 is 0 Å². The molecule has 0 aliphatic carbocycles. The number of carbonyl (C=O) groups is 1. The van der Waals surface area contributed by atoms with Gasteiger partial charge in [0, 0.05) is 54.5 Å². The number of hydrogen-bond acceptors (Lipinski definition) is 8. The summed E-state index contributed by atoms with van der Waals surface area (Å²) in [7, 11) is 2.98. The van der Waals surface area contributed by atoms with E-state index in [4.69, 9.17) is 9.57 Å². The second-order valence-electron chi connectivity index (χ2n) is 9.17. The third-order valence-electron chi connectivity index (χ3n) is 6.09. The van der Waals surface area contributed by atoms with Gasteiger partial charge in [0.2, 0.25) is 5.95 Å². The number of nitrogens with zero attached hydrogens (tertiary/aromatic N) is 3. The number of carbonyl (C=O) groups excluding carboxylic acids is 1. The minimum atomic E-state index is -0.318. The van der Waals surface area contributed by atoms with Crippen LogP contribution < -0.4 is 25.8 Å². The Hall–Kier alpha value is -3.69. The second-order valence-corrected chi connectivity index (χ2v) is 9.17. The van der Waals surface area contributed by atoms with Gasteiger partial charge in [-0.3, -0.25) is 9.63 Å². The van der Waals surface area contributed by atoms with Crippen molar-refractivity contribution in [3.63, 3.8) is 0 Å². The Kier molecular flexibility index (Phi) is 8.35. The van der Waals surface area contributed by atoms with Gasteiger partial charge in [-0.1, -0.05) is 6.07 Å². The first-order valence-electron chi connectivity index (χ1n) is 12.1. The van der Waals surface area contributed by atoms with Gasteiger partial charge in [0.05, 0.1) is 14.2 Å². The molecule has 0 spiro atoms. The molecule has 1 aromatic heterocycles. The lowest BCUT2D eigenvalue weighted by Gasteiger charge is -2.37. The average molecular weight is 491 g/mol. The number of amides is 1. The number of anilines is 3. The number of hydroxylamine groups is 1. The van der Waals surface area contributed by atoms with Gasteiger partial charge < -0.3 is 20.3 Å². The van der Waals surface area contributed by atoms with Crippen molar-refractivity contribution in [1.29, 1.82) is 0 Å². The molecule has 1 aliphatic rings. The molecule has 2 aromatic carbocycles. The molecule has 0 bridgehead atoms. The van der Waals surface area contributed by atoms with Gasteiger partial charge in [-0.25, -0.2) is 15.4 Å². The van der Waals surface area contributed by atoms with Crippen LogP contribution in [0.3, 0.4) is 0 Å². The van der Waals surface area contributed by atoms with Crippen molar-refractivity contribution in [3.8, 4) is 5.75 Å². The number of aryl methyl sites for hydroxylation is 2. The van der Waals surface area contributed by atoms with Crippen molar-refractivity contribution < 1.29 is 14.4 Å². The zero-order valence-electron chi connectivity index (χ0n) is 21.2. The number of nitrogens with one attached hydrogen (secondary N) is 3. The Morgan fingerprint density at radius 1 is 1.03 bits per heavy atom. The highest BCUT2D eigenvalue weighted by Gasteiger charge is 2.21. The van der Waals surface area contributed by atoms with Crippen LogP contribution in [0.15, 0.2) is 54.9 Å². The Balaban J connectivity index is 1.38. The van der Waals surface area contributed by atoms with E-state index in [-0.39, 0.29) is 5.91 Å². The summed E-state index contributed by atoms with van der Waals surface area (Å²) in [6.45, 7) is 6.38. The second kappa shape index (κ2) is 11.8. The fourth-order valence-electron chi connectivity index (χ4n) is 4.49. The summed E-state index contributed by atoms with van der Waals surface area (Å²) in [5, 5.41) is 6.89. The van der Waals surface area contributed by atoms with Crippen molar-refractivity contribution in [1.82, 2.24) is 20.8 Å². The Morgan fingerprint density at radius 3 is 2.44 bits per heavy atom. The highest BCUT2D eigenvalue weighted by molar-refractivity contribution is 5.94. The van der Waals surface area contributed by atoms with Gasteiger partial charge in [-0.2, -0.15) is 0 Å². The highest BCUT2D eigenvalue weighted by atomic mass is 16.6. The van der Waals surface area contributed by atoms with E-state index in [0.29, 0.717) is 35.8 Å². The zero-order valence-corrected chi connectivity index (χ0v) is 21.2. The van der Waals surface area contributed by atoms with Crippen LogP contribution in [0, 0.1) is 0 Å². The molecule has 3 aromatic rings. The van der Waals surface area contributed by atoms with E-state index in [9.17, 15) is 4.79 Å². The zero-order chi connectivity index (χ0) is 25.5. The van der Waals surface area contributed by atoms with Crippen LogP contribution in [-0.2, 0) is 17.7 Å². The van der Waals surface area contributed by atoms with Crippen molar-refractivity contribution in [3.05, 3.63) is 71.5 Å². The summed E-state index contributed by atoms with van der Waals surface area (Å²) < 4.78 is 5.35. The maximum atomic E-state index is 12.1. The fourth-order valence-corrected chi connectivity index (χ4v) is 4.49. The molecule has 1 saturated heterocycles. The van der Waals surface area contributed by atoms with Gasteiger partial charge in [-0.05, 0) is 74.2 Å². The standard InChI is InChI=1S/C27H34N6O3/c1-18-16-33(17-19(2)30-18)24-7-5-6-23(13-24)31-27-28-14-21(15-29-27)9-8-20-10-22(26(34)32-36-4)12-25(11-20)35-3/h5-7,10-15,18-19,30H,8-9,16-17H2,1-4H3,(H,32,34)(H,28,29,31)/t18-,19+. The van der Waals surface area contributed by atoms with E-state index < -0.39 is 0 Å². The van der Waals surface area contributed by atoms with E-state index in [2.05, 4.69) is 63.0 Å². The summed E-state index contributed by atoms with van der Waals surface area (Å²) in [6.07, 6.45) is 5.10. The van der Waals surface area contributed by atoms with Crippen LogP contribution in [0.2, 0.25) is 0 Å². The number of benzene rings is 2. The van der Waals surface area contributed by atoms with Crippen LogP contribution in [0.4, 0.5) is 17.3 Å². The van der Waals surface area contributed by atoms with Crippen molar-refractivity contribution in [2.45, 2.75) is 38.8 Å². The normalized spacial score (nSPS) is 17.5. The SMILES string of the molecule is CONC(=O)c1cc(CCc2cnc(Nc3cccc(N4C[C@@H](C)N[C@@H](C)C4)c3)nc2)cc(OC)c1. The molecular weight excluding hydrogens is 456 g/mol. The number of hydrogen-bond donors (Lipinski definition) is 3. The molecule has 9 heteroatoms. The largest absolute Gasteiger partial charge is 0.497 e. The summed E-state index contributed by atoms with van der Waals surface area (Å²) in [6, 6.07) is 14.7. The molecule has 1 aliphatic heterocycles. The van der Waals surface area contributed by atoms with Gasteiger partial charge in [0.25, 0.3) is 5.91 Å². The maximum absolute atomic E-state index is 12.1. The van der Waals surface area contributed by atoms with Crippen LogP contribution in [0.25, 0.3) is 0 Å². The van der Waals surface area contributed by atoms with Crippen molar-refractivity contribution in [2.24, 2.45) is 0 Å². The molecule has 2 atom stereocenters. The summed E-state index contributed by atoms with van der Waals surface area (Å²) in [5.41, 5.74) is 6.95. The quantitative estimate of drug-likeness (QED) is 0.392. The monoisotopic (exact) mass is 490 g/mol. The first-order valence-corrected chi connectivity index (χ1v) is 12.1. The molecule has 4 rings (SSSR count). The summed E-state index contributed by atoms with van der Waals surface area (Å²) in [5.74, 6) is 0.857. The molecule has 0 saturated carbocycles. The third-order valence-corrected chi connectivity index (χ3v) is 6.09. The Labute approximate surface area is 212 Å². The minimum Gasteiger partial charge on any atom is -0.497 e. The Bertz CT molecular complexity index is 1160. The van der Waals surface area contributed by atoms with Crippen LogP contribution in [0.1, 0.15) is 35.3 Å². The molecule has 0 unspecified atom stereocenters. The molecule has 36 heavy (non-hydrogen) atoms. The van der Waals surface area contributed by atoms with E-state index >= 15 is 0 Å². The van der Waals surface area contributed by atoms with Gasteiger partial charge in [-0.15, -0.1) is 0 Å². The van der Waals surface area contributed by atoms with E-state index in [0.717, 1.165) is 36.3 Å². The number of aromatic nitrogens is 2. The van der Waals surface area contributed by atoms with E-state index in [1.54, 1.807) is 13.2 Å². The number of rotatable bonds is 9. The molecule has 0 radical (unpaired) electrons. The van der Waals surface area contributed by atoms with Crippen molar-refractivity contribution in [2.75, 3.05) is 37.5 Å². The average Bonchev–Trinajstić information content (AvgIpc) is 2.88. The van der Waals surface area contributed by atoms with Crippen LogP contribution in [0.5, 0.6) is 5.75 Å². The number of ether oxygens (including phenoxy) is 1. The lowest BCUT2D eigenvalue weighted by atomic mass is 10.0. The molecule has 1 amide bonds. The third kappa shape index (κ3) is 6.71. The first kappa shape index (κ1) is 25.4. The molecule has 1 fully saturated rings. The molecule has 2 heterocycles. The van der Waals surface area contributed by atoms with Crippen molar-refractivity contribution >= 4 is 23.2 Å². The van der Waals surface area contributed by atoms with Gasteiger partial charge in [0.1, 0.15) is 5.75 Å². The smallest absolute Gasteiger partial charge is 0.274 e. The van der Waals surface area contributed by atoms with E-state index in [1.807, 2.05) is 30.6 Å². The lowest BCUT2D eigenvalue weighted by Crippen LogP contribution is -2.54. The fraction of sp³-hybridized carbons (Fsp3) is 0.370. The molecular formula is C27H34N6O3. The first-order chi connectivity index (χ1) is 17.4.